The van der Waals surface area contributed by atoms with Crippen molar-refractivity contribution in [2.24, 2.45) is 0 Å². The van der Waals surface area contributed by atoms with E-state index >= 15 is 0 Å². The fourth-order valence-corrected chi connectivity index (χ4v) is 6.14. The van der Waals surface area contributed by atoms with E-state index in [1.807, 2.05) is 0 Å². The van der Waals surface area contributed by atoms with Gasteiger partial charge in [-0.25, -0.2) is 0 Å². The van der Waals surface area contributed by atoms with Gasteiger partial charge in [-0.15, -0.1) is 0 Å². The molecule has 0 aliphatic carbocycles. The van der Waals surface area contributed by atoms with Crippen LogP contribution in [-0.2, 0) is 13.9 Å². The molecule has 1 rings (SSSR count). The number of hydrogen-bond donors (Lipinski definition) is 0. The first-order valence-electron chi connectivity index (χ1n) is 5.58. The number of ether oxygens (including phenoxy) is 2. The lowest BCUT2D eigenvalue weighted by molar-refractivity contribution is 0.215. The van der Waals surface area contributed by atoms with Crippen molar-refractivity contribution < 1.29 is 13.9 Å². The molecule has 0 saturated carbocycles. The lowest BCUT2D eigenvalue weighted by atomic mass is 10.4. The maximum atomic E-state index is 6.10. The van der Waals surface area contributed by atoms with Gasteiger partial charge in [0, 0.05) is 6.61 Å². The molecule has 1 aliphatic rings. The van der Waals surface area contributed by atoms with Crippen LogP contribution in [0.1, 0.15) is 26.7 Å². The van der Waals surface area contributed by atoms with E-state index in [2.05, 4.69) is 13.8 Å². The van der Waals surface area contributed by atoms with Crippen LogP contribution >= 0.6 is 0 Å². The molecular formula is C11H22O3Si. The highest BCUT2D eigenvalue weighted by atomic mass is 28.4. The smallest absolute Gasteiger partial charge is 0.269 e. The molecule has 88 valence electrons. The fourth-order valence-electron chi connectivity index (χ4n) is 2.18. The SMILES string of the molecule is COC=C(OC)[Si]1(C(C)C)CCCCO1. The van der Waals surface area contributed by atoms with Crippen LogP contribution in [0.3, 0.4) is 0 Å². The molecule has 4 heteroatoms. The van der Waals surface area contributed by atoms with E-state index < -0.39 is 8.32 Å². The van der Waals surface area contributed by atoms with Gasteiger partial charge in [0.25, 0.3) is 8.32 Å². The summed E-state index contributed by atoms with van der Waals surface area (Å²) in [5.74, 6) is 0. The monoisotopic (exact) mass is 230 g/mol. The fraction of sp³-hybridized carbons (Fsp3) is 0.818. The van der Waals surface area contributed by atoms with E-state index in [-0.39, 0.29) is 0 Å². The summed E-state index contributed by atoms with van der Waals surface area (Å²) in [6, 6.07) is 1.15. The van der Waals surface area contributed by atoms with Gasteiger partial charge in [-0.1, -0.05) is 20.3 Å². The van der Waals surface area contributed by atoms with E-state index in [1.54, 1.807) is 20.5 Å². The Labute approximate surface area is 93.5 Å². The third-order valence-electron chi connectivity index (χ3n) is 3.10. The standard InChI is InChI=1S/C11H22O3Si/c1-10(2)15(8-6-5-7-14-15)11(13-4)9-12-3/h9-10H,5-8H2,1-4H3. The number of rotatable bonds is 4. The average molecular weight is 230 g/mol. The predicted octanol–water partition coefficient (Wildman–Crippen LogP) is 2.83. The van der Waals surface area contributed by atoms with Gasteiger partial charge in [0.2, 0.25) is 0 Å². The van der Waals surface area contributed by atoms with Crippen molar-refractivity contribution in [2.45, 2.75) is 38.3 Å². The molecule has 0 aromatic rings. The Morgan fingerprint density at radius 1 is 1.33 bits per heavy atom. The van der Waals surface area contributed by atoms with Gasteiger partial charge < -0.3 is 13.9 Å². The minimum atomic E-state index is -1.90. The molecule has 0 spiro atoms. The van der Waals surface area contributed by atoms with Crippen LogP contribution in [0.15, 0.2) is 11.6 Å². The van der Waals surface area contributed by atoms with Crippen molar-refractivity contribution in [1.29, 1.82) is 0 Å². The molecular weight excluding hydrogens is 208 g/mol. The van der Waals surface area contributed by atoms with E-state index in [4.69, 9.17) is 13.9 Å². The Balaban J connectivity index is 2.92. The molecule has 1 atom stereocenters. The average Bonchev–Trinajstić information content (AvgIpc) is 2.26. The molecule has 0 radical (unpaired) electrons. The molecule has 3 nitrogen and oxygen atoms in total. The minimum absolute atomic E-state index is 0.527. The molecule has 15 heavy (non-hydrogen) atoms. The summed E-state index contributed by atoms with van der Waals surface area (Å²) in [6.07, 6.45) is 4.14. The number of hydrogen-bond acceptors (Lipinski definition) is 3. The van der Waals surface area contributed by atoms with Crippen LogP contribution in [0.2, 0.25) is 11.6 Å². The molecule has 1 saturated heterocycles. The quantitative estimate of drug-likeness (QED) is 0.549. The second kappa shape index (κ2) is 5.56. The molecule has 0 aromatic heterocycles. The molecule has 0 bridgehead atoms. The minimum Gasteiger partial charge on any atom is -0.501 e. The zero-order valence-electron chi connectivity index (χ0n) is 10.2. The Morgan fingerprint density at radius 3 is 2.47 bits per heavy atom. The zero-order chi connectivity index (χ0) is 11.3. The van der Waals surface area contributed by atoms with Crippen LogP contribution in [0.5, 0.6) is 0 Å². The molecule has 0 aromatic carbocycles. The summed E-state index contributed by atoms with van der Waals surface area (Å²) in [7, 11) is 1.47. The highest BCUT2D eigenvalue weighted by Gasteiger charge is 2.46. The summed E-state index contributed by atoms with van der Waals surface area (Å²) < 4.78 is 16.7. The van der Waals surface area contributed by atoms with Crippen LogP contribution in [0, 0.1) is 0 Å². The van der Waals surface area contributed by atoms with Gasteiger partial charge in [-0.3, -0.25) is 0 Å². The van der Waals surface area contributed by atoms with E-state index in [1.165, 1.54) is 12.8 Å². The summed E-state index contributed by atoms with van der Waals surface area (Å²) in [5.41, 5.74) is 0.527. The van der Waals surface area contributed by atoms with Crippen LogP contribution in [0.25, 0.3) is 0 Å². The number of methoxy groups -OCH3 is 2. The Bertz CT molecular complexity index is 220. The van der Waals surface area contributed by atoms with Crippen LogP contribution in [0.4, 0.5) is 0 Å². The largest absolute Gasteiger partial charge is 0.501 e. The molecule has 1 fully saturated rings. The topological polar surface area (TPSA) is 27.7 Å². The molecule has 1 aliphatic heterocycles. The maximum absolute atomic E-state index is 6.10. The molecule has 1 heterocycles. The van der Waals surface area contributed by atoms with Crippen LogP contribution < -0.4 is 0 Å². The lowest BCUT2D eigenvalue weighted by Gasteiger charge is -2.38. The summed E-state index contributed by atoms with van der Waals surface area (Å²) in [5, 5.41) is 0.944. The summed E-state index contributed by atoms with van der Waals surface area (Å²) in [4.78, 5) is 0. The van der Waals surface area contributed by atoms with Crippen molar-refractivity contribution in [3.63, 3.8) is 0 Å². The highest BCUT2D eigenvalue weighted by molar-refractivity contribution is 6.81. The van der Waals surface area contributed by atoms with E-state index in [9.17, 15) is 0 Å². The van der Waals surface area contributed by atoms with Gasteiger partial charge in [0.05, 0.1) is 14.2 Å². The third-order valence-corrected chi connectivity index (χ3v) is 7.93. The lowest BCUT2D eigenvalue weighted by Crippen LogP contribution is -2.47. The summed E-state index contributed by atoms with van der Waals surface area (Å²) in [6.45, 7) is 5.31. The maximum Gasteiger partial charge on any atom is 0.269 e. The van der Waals surface area contributed by atoms with Crippen molar-refractivity contribution in [3.05, 3.63) is 11.6 Å². The predicted molar refractivity (Wildman–Crippen MR) is 62.9 cm³/mol. The van der Waals surface area contributed by atoms with Crippen molar-refractivity contribution in [3.8, 4) is 0 Å². The van der Waals surface area contributed by atoms with Crippen LogP contribution in [-0.4, -0.2) is 29.1 Å². The summed E-state index contributed by atoms with van der Waals surface area (Å²) >= 11 is 0. The van der Waals surface area contributed by atoms with Crippen molar-refractivity contribution in [1.82, 2.24) is 0 Å². The van der Waals surface area contributed by atoms with Gasteiger partial charge in [-0.2, -0.15) is 0 Å². The highest BCUT2D eigenvalue weighted by Crippen LogP contribution is 2.37. The zero-order valence-corrected chi connectivity index (χ0v) is 11.2. The molecule has 0 amide bonds. The first kappa shape index (κ1) is 12.6. The molecule has 0 N–H and O–H groups in total. The Kier molecular flexibility index (Phi) is 4.66. The van der Waals surface area contributed by atoms with Gasteiger partial charge >= 0.3 is 0 Å². The van der Waals surface area contributed by atoms with Gasteiger partial charge in [-0.05, 0) is 18.0 Å². The van der Waals surface area contributed by atoms with Crippen molar-refractivity contribution >= 4 is 8.32 Å². The second-order valence-corrected chi connectivity index (χ2v) is 8.49. The first-order chi connectivity index (χ1) is 7.17. The van der Waals surface area contributed by atoms with Crippen molar-refractivity contribution in [2.75, 3.05) is 20.8 Å². The molecule has 1 unspecified atom stereocenters. The Hall–Kier alpha value is -0.483. The second-order valence-electron chi connectivity index (χ2n) is 4.27. The van der Waals surface area contributed by atoms with Gasteiger partial charge in [0.1, 0.15) is 11.6 Å². The van der Waals surface area contributed by atoms with E-state index in [0.717, 1.165) is 18.0 Å². The van der Waals surface area contributed by atoms with E-state index in [0.29, 0.717) is 5.54 Å². The third kappa shape index (κ3) is 2.55. The first-order valence-corrected chi connectivity index (χ1v) is 7.78. The normalized spacial score (nSPS) is 27.9. The Morgan fingerprint density at radius 2 is 2.07 bits per heavy atom. The van der Waals surface area contributed by atoms with Gasteiger partial charge in [0.15, 0.2) is 0 Å².